The van der Waals surface area contributed by atoms with Crippen molar-refractivity contribution < 1.29 is 23.2 Å². The summed E-state index contributed by atoms with van der Waals surface area (Å²) < 4.78 is 26.6. The average Bonchev–Trinajstić information content (AvgIpc) is 3.35. The van der Waals surface area contributed by atoms with Gasteiger partial charge in [-0.15, -0.1) is 10.2 Å². The van der Waals surface area contributed by atoms with E-state index in [-0.39, 0.29) is 5.56 Å². The minimum Gasteiger partial charge on any atom is -0.343 e. The Morgan fingerprint density at radius 3 is 2.33 bits per heavy atom. The standard InChI is InChI=1S/C24H19F2N7O3/c25-18-10-11-19(20(26)12-18)24(36)27-13-21(34)28-30-23(35)17-8-6-15(7-9-17)14-33-31-22(29-32-33)16-4-2-1-3-5-16/h1-12H,13-14H2,(H,27,36)(H,28,34)(H,30,35). The van der Waals surface area contributed by atoms with Crippen LogP contribution >= 0.6 is 0 Å². The van der Waals surface area contributed by atoms with Crippen LogP contribution in [0.25, 0.3) is 11.4 Å². The Kier molecular flexibility index (Phi) is 7.34. The number of rotatable bonds is 7. The first-order valence-corrected chi connectivity index (χ1v) is 10.6. The SMILES string of the molecule is O=C(CNC(=O)c1ccc(F)cc1F)NNC(=O)c1ccc(Cn2nnc(-c3ccccc3)n2)cc1. The van der Waals surface area contributed by atoms with Crippen molar-refractivity contribution in [1.29, 1.82) is 0 Å². The number of amides is 3. The maximum absolute atomic E-state index is 13.6. The molecule has 0 saturated carbocycles. The van der Waals surface area contributed by atoms with Crippen molar-refractivity contribution in [3.63, 3.8) is 0 Å². The lowest BCUT2D eigenvalue weighted by molar-refractivity contribution is -0.120. The number of hydrazine groups is 1. The number of tetrazole rings is 1. The molecule has 3 amide bonds. The third kappa shape index (κ3) is 6.11. The fraction of sp³-hybridized carbons (Fsp3) is 0.0833. The summed E-state index contributed by atoms with van der Waals surface area (Å²) in [5, 5.41) is 14.6. The van der Waals surface area contributed by atoms with Gasteiger partial charge in [-0.05, 0) is 35.0 Å². The van der Waals surface area contributed by atoms with E-state index in [4.69, 9.17) is 0 Å². The van der Waals surface area contributed by atoms with E-state index in [0.717, 1.165) is 23.3 Å². The summed E-state index contributed by atoms with van der Waals surface area (Å²) >= 11 is 0. The molecule has 0 saturated heterocycles. The highest BCUT2D eigenvalue weighted by molar-refractivity contribution is 5.98. The van der Waals surface area contributed by atoms with E-state index < -0.39 is 41.5 Å². The van der Waals surface area contributed by atoms with Crippen LogP contribution in [0.5, 0.6) is 0 Å². The van der Waals surface area contributed by atoms with Crippen LogP contribution in [0, 0.1) is 11.6 Å². The van der Waals surface area contributed by atoms with Crippen LogP contribution in [-0.2, 0) is 11.3 Å². The molecule has 0 aliphatic rings. The van der Waals surface area contributed by atoms with Gasteiger partial charge in [0.15, 0.2) is 0 Å². The predicted octanol–water partition coefficient (Wildman–Crippen LogP) is 1.86. The molecule has 0 aliphatic carbocycles. The zero-order valence-electron chi connectivity index (χ0n) is 18.6. The fourth-order valence-corrected chi connectivity index (χ4v) is 3.11. The first-order chi connectivity index (χ1) is 17.4. The van der Waals surface area contributed by atoms with Gasteiger partial charge in [-0.3, -0.25) is 25.2 Å². The largest absolute Gasteiger partial charge is 0.343 e. The van der Waals surface area contributed by atoms with Gasteiger partial charge in [0.05, 0.1) is 18.7 Å². The van der Waals surface area contributed by atoms with Gasteiger partial charge in [0.1, 0.15) is 11.6 Å². The molecule has 0 bridgehead atoms. The second kappa shape index (κ2) is 11.0. The smallest absolute Gasteiger partial charge is 0.269 e. The monoisotopic (exact) mass is 491 g/mol. The van der Waals surface area contributed by atoms with Gasteiger partial charge in [-0.1, -0.05) is 42.5 Å². The van der Waals surface area contributed by atoms with Gasteiger partial charge < -0.3 is 5.32 Å². The van der Waals surface area contributed by atoms with Crippen molar-refractivity contribution in [2.24, 2.45) is 0 Å². The average molecular weight is 491 g/mol. The maximum atomic E-state index is 13.6. The van der Waals surface area contributed by atoms with Gasteiger partial charge >= 0.3 is 0 Å². The Hall–Kier alpha value is -5.00. The molecule has 36 heavy (non-hydrogen) atoms. The topological polar surface area (TPSA) is 131 Å². The van der Waals surface area contributed by atoms with Crippen LogP contribution in [-0.4, -0.2) is 44.5 Å². The Bertz CT molecular complexity index is 1390. The normalized spacial score (nSPS) is 10.5. The molecule has 0 atom stereocenters. The molecule has 4 rings (SSSR count). The molecule has 182 valence electrons. The van der Waals surface area contributed by atoms with E-state index in [1.165, 1.54) is 4.80 Å². The number of hydrogen-bond acceptors (Lipinski definition) is 6. The number of aromatic nitrogens is 4. The first kappa shape index (κ1) is 24.1. The Balaban J connectivity index is 1.24. The molecule has 0 fully saturated rings. The predicted molar refractivity (Wildman–Crippen MR) is 123 cm³/mol. The fourth-order valence-electron chi connectivity index (χ4n) is 3.11. The van der Waals surface area contributed by atoms with E-state index in [9.17, 15) is 23.2 Å². The molecule has 1 heterocycles. The van der Waals surface area contributed by atoms with Crippen molar-refractivity contribution in [3.05, 3.63) is 101 Å². The molecule has 0 spiro atoms. The van der Waals surface area contributed by atoms with Crippen molar-refractivity contribution in [1.82, 2.24) is 36.4 Å². The molecule has 1 aromatic heterocycles. The zero-order valence-corrected chi connectivity index (χ0v) is 18.6. The summed E-state index contributed by atoms with van der Waals surface area (Å²) in [6, 6.07) is 18.4. The summed E-state index contributed by atoms with van der Waals surface area (Å²) in [7, 11) is 0. The highest BCUT2D eigenvalue weighted by Gasteiger charge is 2.14. The lowest BCUT2D eigenvalue weighted by atomic mass is 10.1. The zero-order chi connectivity index (χ0) is 25.5. The quantitative estimate of drug-likeness (QED) is 0.338. The highest BCUT2D eigenvalue weighted by atomic mass is 19.1. The van der Waals surface area contributed by atoms with E-state index in [0.29, 0.717) is 18.4 Å². The lowest BCUT2D eigenvalue weighted by Gasteiger charge is -2.09. The number of nitrogens with zero attached hydrogens (tertiary/aromatic N) is 4. The second-order valence-corrected chi connectivity index (χ2v) is 7.52. The van der Waals surface area contributed by atoms with E-state index in [1.54, 1.807) is 24.3 Å². The molecule has 0 unspecified atom stereocenters. The number of carbonyl (C=O) groups excluding carboxylic acids is 3. The molecule has 10 nitrogen and oxygen atoms in total. The molecule has 12 heteroatoms. The van der Waals surface area contributed by atoms with Crippen LogP contribution < -0.4 is 16.2 Å². The number of hydrogen-bond donors (Lipinski definition) is 3. The Morgan fingerprint density at radius 2 is 1.61 bits per heavy atom. The summed E-state index contributed by atoms with van der Waals surface area (Å²) in [5.74, 6) is -3.62. The van der Waals surface area contributed by atoms with Gasteiger partial charge in [0.25, 0.3) is 17.7 Å². The third-order valence-corrected chi connectivity index (χ3v) is 4.93. The van der Waals surface area contributed by atoms with E-state index in [1.807, 2.05) is 30.3 Å². The van der Waals surface area contributed by atoms with Crippen molar-refractivity contribution in [2.75, 3.05) is 6.54 Å². The van der Waals surface area contributed by atoms with Gasteiger partial charge in [-0.25, -0.2) is 8.78 Å². The summed E-state index contributed by atoms with van der Waals surface area (Å²) in [6.07, 6.45) is 0. The van der Waals surface area contributed by atoms with E-state index in [2.05, 4.69) is 31.6 Å². The molecular weight excluding hydrogens is 472 g/mol. The number of nitrogens with one attached hydrogen (secondary N) is 3. The van der Waals surface area contributed by atoms with Gasteiger partial charge in [0, 0.05) is 17.2 Å². The first-order valence-electron chi connectivity index (χ1n) is 10.6. The van der Waals surface area contributed by atoms with Crippen LogP contribution in [0.2, 0.25) is 0 Å². The van der Waals surface area contributed by atoms with Crippen molar-refractivity contribution >= 4 is 17.7 Å². The van der Waals surface area contributed by atoms with Crippen LogP contribution in [0.15, 0.2) is 72.8 Å². The summed E-state index contributed by atoms with van der Waals surface area (Å²) in [5.41, 5.74) is 5.89. The second-order valence-electron chi connectivity index (χ2n) is 7.52. The minimum absolute atomic E-state index is 0.271. The van der Waals surface area contributed by atoms with Crippen LogP contribution in [0.3, 0.4) is 0 Å². The minimum atomic E-state index is -1.05. The third-order valence-electron chi connectivity index (χ3n) is 4.93. The summed E-state index contributed by atoms with van der Waals surface area (Å²) in [6.45, 7) is -0.197. The van der Waals surface area contributed by atoms with Gasteiger partial charge in [0.2, 0.25) is 5.82 Å². The molecule has 0 aliphatic heterocycles. The number of benzene rings is 3. The molecule has 4 aromatic rings. The van der Waals surface area contributed by atoms with E-state index >= 15 is 0 Å². The van der Waals surface area contributed by atoms with Crippen LogP contribution in [0.4, 0.5) is 8.78 Å². The lowest BCUT2D eigenvalue weighted by Crippen LogP contribution is -2.46. The highest BCUT2D eigenvalue weighted by Crippen LogP contribution is 2.13. The number of halogens is 2. The van der Waals surface area contributed by atoms with Gasteiger partial charge in [-0.2, -0.15) is 4.80 Å². The molecule has 3 N–H and O–H groups in total. The Morgan fingerprint density at radius 1 is 0.861 bits per heavy atom. The summed E-state index contributed by atoms with van der Waals surface area (Å²) in [4.78, 5) is 37.5. The van der Waals surface area contributed by atoms with Crippen LogP contribution in [0.1, 0.15) is 26.3 Å². The molecular formula is C24H19F2N7O3. The van der Waals surface area contributed by atoms with Crippen molar-refractivity contribution in [3.8, 4) is 11.4 Å². The molecule has 3 aromatic carbocycles. The maximum Gasteiger partial charge on any atom is 0.269 e. The number of carbonyl (C=O) groups is 3. The molecule has 0 radical (unpaired) electrons. The Labute approximate surface area is 203 Å². The van der Waals surface area contributed by atoms with Crippen molar-refractivity contribution in [2.45, 2.75) is 6.54 Å².